The molecule has 2 N–H and O–H groups in total. The third kappa shape index (κ3) is 5.75. The summed E-state index contributed by atoms with van der Waals surface area (Å²) in [7, 11) is 3.34. The van der Waals surface area contributed by atoms with Crippen LogP contribution in [0.15, 0.2) is 24.3 Å². The number of amides is 2. The van der Waals surface area contributed by atoms with Crippen molar-refractivity contribution in [2.45, 2.75) is 45.7 Å². The van der Waals surface area contributed by atoms with Crippen molar-refractivity contribution < 1.29 is 9.53 Å². The summed E-state index contributed by atoms with van der Waals surface area (Å²) in [6.07, 6.45) is 2.23. The summed E-state index contributed by atoms with van der Waals surface area (Å²) in [4.78, 5) is 13.7. The SMILES string of the molecule is CCC.CNC(=O)NC1CCN(C(C)c2ccccc2OC)C1. The molecule has 1 aromatic carbocycles. The lowest BCUT2D eigenvalue weighted by molar-refractivity contribution is 0.232. The molecular weight excluding hydrogens is 290 g/mol. The van der Waals surface area contributed by atoms with Gasteiger partial charge in [0.1, 0.15) is 5.75 Å². The second kappa shape index (κ2) is 10.1. The van der Waals surface area contributed by atoms with Crippen LogP contribution >= 0.6 is 0 Å². The van der Waals surface area contributed by atoms with Gasteiger partial charge in [0.05, 0.1) is 7.11 Å². The number of nitrogens with zero attached hydrogens (tertiary/aromatic N) is 1. The number of para-hydroxylation sites is 1. The number of methoxy groups -OCH3 is 1. The first kappa shape index (κ1) is 19.3. The molecule has 5 heteroatoms. The molecule has 1 aliphatic rings. The third-order valence-corrected chi connectivity index (χ3v) is 3.92. The van der Waals surface area contributed by atoms with Crippen molar-refractivity contribution in [3.8, 4) is 5.75 Å². The van der Waals surface area contributed by atoms with Crippen LogP contribution in [0, 0.1) is 0 Å². The molecule has 2 amide bonds. The van der Waals surface area contributed by atoms with Crippen LogP contribution in [0.5, 0.6) is 5.75 Å². The summed E-state index contributed by atoms with van der Waals surface area (Å²) in [5, 5.41) is 5.57. The molecule has 1 aromatic rings. The molecule has 1 aliphatic heterocycles. The standard InChI is InChI=1S/C15H23N3O2.C3H8/c1-11(13-6-4-5-7-14(13)20-3)18-9-8-12(10-18)17-15(19)16-2;1-3-2/h4-7,11-12H,8-10H2,1-3H3,(H2,16,17,19);3H2,1-2H3. The van der Waals surface area contributed by atoms with Crippen molar-refractivity contribution in [3.05, 3.63) is 29.8 Å². The molecule has 0 saturated carbocycles. The lowest BCUT2D eigenvalue weighted by atomic mass is 10.1. The first-order valence-electron chi connectivity index (χ1n) is 8.42. The smallest absolute Gasteiger partial charge is 0.314 e. The van der Waals surface area contributed by atoms with Crippen LogP contribution in [0.25, 0.3) is 0 Å². The van der Waals surface area contributed by atoms with E-state index in [0.717, 1.165) is 25.3 Å². The highest BCUT2D eigenvalue weighted by molar-refractivity contribution is 5.73. The summed E-state index contributed by atoms with van der Waals surface area (Å²) in [6.45, 7) is 8.28. The van der Waals surface area contributed by atoms with Crippen LogP contribution < -0.4 is 15.4 Å². The number of carbonyl (C=O) groups excluding carboxylic acids is 1. The minimum Gasteiger partial charge on any atom is -0.496 e. The zero-order valence-corrected chi connectivity index (χ0v) is 15.1. The first-order chi connectivity index (χ1) is 11.1. The Morgan fingerprint density at radius 2 is 2.04 bits per heavy atom. The van der Waals surface area contributed by atoms with E-state index < -0.39 is 0 Å². The molecule has 0 aliphatic carbocycles. The highest BCUT2D eigenvalue weighted by atomic mass is 16.5. The van der Waals surface area contributed by atoms with E-state index in [1.807, 2.05) is 18.2 Å². The topological polar surface area (TPSA) is 53.6 Å². The van der Waals surface area contributed by atoms with Crippen LogP contribution in [0.3, 0.4) is 0 Å². The molecule has 2 unspecified atom stereocenters. The third-order valence-electron chi connectivity index (χ3n) is 3.92. The summed E-state index contributed by atoms with van der Waals surface area (Å²) in [5.41, 5.74) is 1.19. The molecule has 0 bridgehead atoms. The summed E-state index contributed by atoms with van der Waals surface area (Å²) >= 11 is 0. The summed E-state index contributed by atoms with van der Waals surface area (Å²) < 4.78 is 5.43. The Kier molecular flexibility index (Phi) is 8.48. The van der Waals surface area contributed by atoms with E-state index in [4.69, 9.17) is 4.74 Å². The Labute approximate surface area is 140 Å². The Balaban J connectivity index is 0.000000816. The van der Waals surface area contributed by atoms with Gasteiger partial charge in [0.15, 0.2) is 0 Å². The Hall–Kier alpha value is -1.75. The average Bonchev–Trinajstić information content (AvgIpc) is 3.03. The number of hydrogen-bond donors (Lipinski definition) is 2. The minimum absolute atomic E-state index is 0.109. The fraction of sp³-hybridized carbons (Fsp3) is 0.611. The normalized spacial score (nSPS) is 18.6. The van der Waals surface area contributed by atoms with Gasteiger partial charge in [-0.15, -0.1) is 0 Å². The van der Waals surface area contributed by atoms with Gasteiger partial charge < -0.3 is 15.4 Å². The predicted octanol–water partition coefficient (Wildman–Crippen LogP) is 3.18. The van der Waals surface area contributed by atoms with Gasteiger partial charge in [-0.05, 0) is 19.4 Å². The van der Waals surface area contributed by atoms with E-state index >= 15 is 0 Å². The molecule has 1 heterocycles. The zero-order chi connectivity index (χ0) is 17.2. The van der Waals surface area contributed by atoms with Gasteiger partial charge in [0.25, 0.3) is 0 Å². The van der Waals surface area contributed by atoms with Gasteiger partial charge in [-0.25, -0.2) is 4.79 Å². The average molecular weight is 321 g/mol. The summed E-state index contributed by atoms with van der Waals surface area (Å²) in [6, 6.07) is 8.49. The number of urea groups is 1. The molecule has 130 valence electrons. The number of hydrogen-bond acceptors (Lipinski definition) is 3. The Morgan fingerprint density at radius 1 is 1.39 bits per heavy atom. The van der Waals surface area contributed by atoms with Crippen LogP contribution in [0.2, 0.25) is 0 Å². The molecule has 0 spiro atoms. The molecular formula is C18H31N3O2. The quantitative estimate of drug-likeness (QED) is 0.895. The highest BCUT2D eigenvalue weighted by Crippen LogP contribution is 2.31. The molecule has 0 radical (unpaired) electrons. The van der Waals surface area contributed by atoms with Gasteiger partial charge in [-0.3, -0.25) is 4.90 Å². The van der Waals surface area contributed by atoms with Gasteiger partial charge >= 0.3 is 6.03 Å². The van der Waals surface area contributed by atoms with Crippen molar-refractivity contribution in [3.63, 3.8) is 0 Å². The van der Waals surface area contributed by atoms with Crippen molar-refractivity contribution in [1.82, 2.24) is 15.5 Å². The van der Waals surface area contributed by atoms with Crippen LogP contribution in [0.1, 0.15) is 45.2 Å². The monoisotopic (exact) mass is 321 g/mol. The second-order valence-corrected chi connectivity index (χ2v) is 5.83. The molecule has 2 rings (SSSR count). The van der Waals surface area contributed by atoms with Crippen molar-refractivity contribution >= 4 is 6.03 Å². The van der Waals surface area contributed by atoms with Crippen LogP contribution in [0.4, 0.5) is 4.79 Å². The number of nitrogens with one attached hydrogen (secondary N) is 2. The predicted molar refractivity (Wildman–Crippen MR) is 94.9 cm³/mol. The number of benzene rings is 1. The number of ether oxygens (including phenoxy) is 1. The number of rotatable bonds is 4. The largest absolute Gasteiger partial charge is 0.496 e. The molecule has 2 atom stereocenters. The maximum Gasteiger partial charge on any atom is 0.314 e. The second-order valence-electron chi connectivity index (χ2n) is 5.83. The lowest BCUT2D eigenvalue weighted by Crippen LogP contribution is -2.42. The fourth-order valence-corrected chi connectivity index (χ4v) is 2.72. The van der Waals surface area contributed by atoms with Gasteiger partial charge in [-0.2, -0.15) is 0 Å². The molecule has 1 fully saturated rings. The Bertz CT molecular complexity index is 479. The van der Waals surface area contributed by atoms with Crippen molar-refractivity contribution in [2.75, 3.05) is 27.2 Å². The van der Waals surface area contributed by atoms with E-state index in [-0.39, 0.29) is 18.1 Å². The summed E-state index contributed by atoms with van der Waals surface area (Å²) in [5.74, 6) is 0.919. The van der Waals surface area contributed by atoms with E-state index in [2.05, 4.69) is 42.4 Å². The zero-order valence-electron chi connectivity index (χ0n) is 15.1. The van der Waals surface area contributed by atoms with E-state index in [1.54, 1.807) is 14.2 Å². The minimum atomic E-state index is -0.109. The van der Waals surface area contributed by atoms with Gasteiger partial charge in [0, 0.05) is 37.8 Å². The molecule has 1 saturated heterocycles. The lowest BCUT2D eigenvalue weighted by Gasteiger charge is -2.26. The van der Waals surface area contributed by atoms with Crippen molar-refractivity contribution in [2.24, 2.45) is 0 Å². The van der Waals surface area contributed by atoms with Gasteiger partial charge in [0.2, 0.25) is 0 Å². The molecule has 0 aromatic heterocycles. The maximum absolute atomic E-state index is 11.4. The number of likely N-dealkylation sites (tertiary alicyclic amines) is 1. The molecule has 5 nitrogen and oxygen atoms in total. The molecule has 23 heavy (non-hydrogen) atoms. The fourth-order valence-electron chi connectivity index (χ4n) is 2.72. The first-order valence-corrected chi connectivity index (χ1v) is 8.42. The Morgan fingerprint density at radius 3 is 2.65 bits per heavy atom. The van der Waals surface area contributed by atoms with Crippen molar-refractivity contribution in [1.29, 1.82) is 0 Å². The van der Waals surface area contributed by atoms with Crippen LogP contribution in [-0.2, 0) is 0 Å². The van der Waals surface area contributed by atoms with Crippen LogP contribution in [-0.4, -0.2) is 44.2 Å². The number of carbonyl (C=O) groups is 1. The van der Waals surface area contributed by atoms with E-state index in [1.165, 1.54) is 12.0 Å². The van der Waals surface area contributed by atoms with E-state index in [9.17, 15) is 4.79 Å². The van der Waals surface area contributed by atoms with E-state index in [0.29, 0.717) is 0 Å². The maximum atomic E-state index is 11.4. The highest BCUT2D eigenvalue weighted by Gasteiger charge is 2.28. The van der Waals surface area contributed by atoms with Gasteiger partial charge in [-0.1, -0.05) is 38.5 Å².